The summed E-state index contributed by atoms with van der Waals surface area (Å²) in [5.74, 6) is 0.948. The molecule has 0 bridgehead atoms. The molecule has 0 spiro atoms. The van der Waals surface area contributed by atoms with E-state index in [0.29, 0.717) is 0 Å². The second kappa shape index (κ2) is 5.52. The van der Waals surface area contributed by atoms with E-state index in [4.69, 9.17) is 4.74 Å². The Labute approximate surface area is 107 Å². The van der Waals surface area contributed by atoms with Gasteiger partial charge in [0.15, 0.2) is 0 Å². The zero-order chi connectivity index (χ0) is 12.3. The normalized spacial score (nSPS) is 11.0. The summed E-state index contributed by atoms with van der Waals surface area (Å²) in [5, 5.41) is 4.61. The molecule has 0 unspecified atom stereocenters. The summed E-state index contributed by atoms with van der Waals surface area (Å²) in [6.45, 7) is 3.18. The van der Waals surface area contributed by atoms with Gasteiger partial charge in [-0.15, -0.1) is 11.3 Å². The molecule has 0 amide bonds. The van der Waals surface area contributed by atoms with Crippen molar-refractivity contribution in [1.82, 2.24) is 5.32 Å². The van der Waals surface area contributed by atoms with Crippen molar-refractivity contribution in [1.29, 1.82) is 0 Å². The Morgan fingerprint density at radius 1 is 1.35 bits per heavy atom. The minimum atomic E-state index is 0.948. The first-order chi connectivity index (χ1) is 8.30. The Morgan fingerprint density at radius 3 is 2.82 bits per heavy atom. The number of methoxy groups -OCH3 is 1. The fourth-order valence-corrected chi connectivity index (χ4v) is 3.38. The van der Waals surface area contributed by atoms with Crippen LogP contribution in [0.3, 0.4) is 0 Å². The Kier molecular flexibility index (Phi) is 4.02. The average Bonchev–Trinajstić information content (AvgIpc) is 2.68. The van der Waals surface area contributed by atoms with Gasteiger partial charge in [-0.3, -0.25) is 0 Å². The number of hydrogen-bond acceptors (Lipinski definition) is 3. The van der Waals surface area contributed by atoms with E-state index in [-0.39, 0.29) is 0 Å². The highest BCUT2D eigenvalue weighted by molar-refractivity contribution is 7.19. The first-order valence-corrected chi connectivity index (χ1v) is 6.84. The Bertz CT molecular complexity index is 504. The van der Waals surface area contributed by atoms with Crippen molar-refractivity contribution in [2.45, 2.75) is 26.3 Å². The van der Waals surface area contributed by atoms with Crippen LogP contribution in [0.25, 0.3) is 10.1 Å². The van der Waals surface area contributed by atoms with E-state index in [1.54, 1.807) is 7.11 Å². The first-order valence-electron chi connectivity index (χ1n) is 6.03. The summed E-state index contributed by atoms with van der Waals surface area (Å²) in [7, 11) is 3.72. The summed E-state index contributed by atoms with van der Waals surface area (Å²) in [6, 6.07) is 6.37. The molecule has 0 saturated carbocycles. The highest BCUT2D eigenvalue weighted by Gasteiger charge is 2.11. The molecule has 2 aromatic rings. The van der Waals surface area contributed by atoms with Crippen molar-refractivity contribution in [3.8, 4) is 5.75 Å². The van der Waals surface area contributed by atoms with Crippen molar-refractivity contribution in [3.05, 3.63) is 28.6 Å². The maximum atomic E-state index is 5.31. The van der Waals surface area contributed by atoms with Gasteiger partial charge < -0.3 is 10.1 Å². The van der Waals surface area contributed by atoms with Gasteiger partial charge >= 0.3 is 0 Å². The number of ether oxygens (including phenoxy) is 1. The van der Waals surface area contributed by atoms with E-state index in [1.165, 1.54) is 26.9 Å². The number of rotatable bonds is 5. The molecule has 0 saturated heterocycles. The molecule has 2 rings (SSSR count). The van der Waals surface area contributed by atoms with E-state index < -0.39 is 0 Å². The van der Waals surface area contributed by atoms with Crippen molar-refractivity contribution < 1.29 is 4.74 Å². The lowest BCUT2D eigenvalue weighted by molar-refractivity contribution is 0.415. The molecule has 0 radical (unpaired) electrons. The summed E-state index contributed by atoms with van der Waals surface area (Å²) < 4.78 is 6.67. The predicted molar refractivity (Wildman–Crippen MR) is 75.1 cm³/mol. The molecule has 3 heteroatoms. The Morgan fingerprint density at radius 2 is 2.18 bits per heavy atom. The lowest BCUT2D eigenvalue weighted by Crippen LogP contribution is -2.05. The standard InChI is InChI=1S/C14H19NOS/c1-4-5-11-12-8-10(16-3)6-7-13(12)17-14(11)9-15-2/h6-8,15H,4-5,9H2,1-3H3. The van der Waals surface area contributed by atoms with Gasteiger partial charge in [0, 0.05) is 16.1 Å². The minimum absolute atomic E-state index is 0.948. The molecule has 1 heterocycles. The highest BCUT2D eigenvalue weighted by Crippen LogP contribution is 2.34. The van der Waals surface area contributed by atoms with Gasteiger partial charge in [0.1, 0.15) is 5.75 Å². The molecule has 92 valence electrons. The van der Waals surface area contributed by atoms with Gasteiger partial charge in [0.25, 0.3) is 0 Å². The number of aryl methyl sites for hydroxylation is 1. The van der Waals surface area contributed by atoms with Gasteiger partial charge in [0.2, 0.25) is 0 Å². The number of nitrogens with one attached hydrogen (secondary N) is 1. The minimum Gasteiger partial charge on any atom is -0.497 e. The van der Waals surface area contributed by atoms with Crippen LogP contribution in [0.2, 0.25) is 0 Å². The third kappa shape index (κ3) is 2.45. The van der Waals surface area contributed by atoms with Crippen molar-refractivity contribution in [2.24, 2.45) is 0 Å². The second-order valence-electron chi connectivity index (χ2n) is 4.15. The fourth-order valence-electron chi connectivity index (χ4n) is 2.13. The van der Waals surface area contributed by atoms with E-state index >= 15 is 0 Å². The molecule has 17 heavy (non-hydrogen) atoms. The number of hydrogen-bond donors (Lipinski definition) is 1. The van der Waals surface area contributed by atoms with Crippen LogP contribution in [0.5, 0.6) is 5.75 Å². The van der Waals surface area contributed by atoms with Gasteiger partial charge in [-0.25, -0.2) is 0 Å². The third-order valence-electron chi connectivity index (χ3n) is 2.92. The Balaban J connectivity index is 2.55. The van der Waals surface area contributed by atoms with Crippen molar-refractivity contribution in [2.75, 3.05) is 14.2 Å². The molecule has 2 nitrogen and oxygen atoms in total. The van der Waals surface area contributed by atoms with E-state index in [0.717, 1.165) is 18.7 Å². The lowest BCUT2D eigenvalue weighted by atomic mass is 10.1. The molecule has 0 aliphatic rings. The third-order valence-corrected chi connectivity index (χ3v) is 4.13. The number of thiophene rings is 1. The lowest BCUT2D eigenvalue weighted by Gasteiger charge is -2.03. The fraction of sp³-hybridized carbons (Fsp3) is 0.429. The summed E-state index contributed by atoms with van der Waals surface area (Å²) >= 11 is 1.89. The predicted octanol–water partition coefficient (Wildman–Crippen LogP) is 3.58. The highest BCUT2D eigenvalue weighted by atomic mass is 32.1. The Hall–Kier alpha value is -1.06. The van der Waals surface area contributed by atoms with Crippen LogP contribution in [-0.4, -0.2) is 14.2 Å². The summed E-state index contributed by atoms with van der Waals surface area (Å²) in [6.07, 6.45) is 2.32. The van der Waals surface area contributed by atoms with Crippen molar-refractivity contribution >= 4 is 21.4 Å². The van der Waals surface area contributed by atoms with Crippen LogP contribution in [0, 0.1) is 0 Å². The van der Waals surface area contributed by atoms with Gasteiger partial charge in [-0.1, -0.05) is 13.3 Å². The summed E-state index contributed by atoms with van der Waals surface area (Å²) in [4.78, 5) is 1.46. The van der Waals surface area contributed by atoms with Gasteiger partial charge in [0.05, 0.1) is 7.11 Å². The van der Waals surface area contributed by atoms with Gasteiger partial charge in [-0.05, 0) is 42.6 Å². The number of benzene rings is 1. The molecule has 1 N–H and O–H groups in total. The van der Waals surface area contributed by atoms with Crippen LogP contribution >= 0.6 is 11.3 Å². The number of fused-ring (bicyclic) bond motifs is 1. The molecule has 0 atom stereocenters. The molecule has 0 aliphatic carbocycles. The molecule has 0 aliphatic heterocycles. The quantitative estimate of drug-likeness (QED) is 0.874. The first kappa shape index (κ1) is 12.4. The second-order valence-corrected chi connectivity index (χ2v) is 5.28. The van der Waals surface area contributed by atoms with Crippen LogP contribution in [0.15, 0.2) is 18.2 Å². The molecule has 0 fully saturated rings. The zero-order valence-electron chi connectivity index (χ0n) is 10.7. The zero-order valence-corrected chi connectivity index (χ0v) is 11.5. The van der Waals surface area contributed by atoms with Crippen LogP contribution in [-0.2, 0) is 13.0 Å². The van der Waals surface area contributed by atoms with Crippen molar-refractivity contribution in [3.63, 3.8) is 0 Å². The van der Waals surface area contributed by atoms with Crippen LogP contribution in [0.4, 0.5) is 0 Å². The smallest absolute Gasteiger partial charge is 0.119 e. The maximum Gasteiger partial charge on any atom is 0.119 e. The largest absolute Gasteiger partial charge is 0.497 e. The monoisotopic (exact) mass is 249 g/mol. The van der Waals surface area contributed by atoms with E-state index in [1.807, 2.05) is 24.5 Å². The molecular formula is C14H19NOS. The van der Waals surface area contributed by atoms with Gasteiger partial charge in [-0.2, -0.15) is 0 Å². The maximum absolute atomic E-state index is 5.31. The van der Waals surface area contributed by atoms with E-state index in [9.17, 15) is 0 Å². The molecule has 1 aromatic carbocycles. The molecular weight excluding hydrogens is 230 g/mol. The molecule has 1 aromatic heterocycles. The summed E-state index contributed by atoms with van der Waals surface area (Å²) in [5.41, 5.74) is 1.49. The topological polar surface area (TPSA) is 21.3 Å². The SMILES string of the molecule is CCCc1c(CNC)sc2ccc(OC)cc12. The average molecular weight is 249 g/mol. The van der Waals surface area contributed by atoms with E-state index in [2.05, 4.69) is 24.4 Å². The van der Waals surface area contributed by atoms with Crippen LogP contribution in [0.1, 0.15) is 23.8 Å². The van der Waals surface area contributed by atoms with Crippen LogP contribution < -0.4 is 10.1 Å².